The first-order valence-corrected chi connectivity index (χ1v) is 9.79. The van der Waals surface area contributed by atoms with Gasteiger partial charge >= 0.3 is 0 Å². The summed E-state index contributed by atoms with van der Waals surface area (Å²) < 4.78 is 1.25. The minimum atomic E-state index is 0.627. The van der Waals surface area contributed by atoms with Gasteiger partial charge in [0.25, 0.3) is 0 Å². The molecule has 3 heteroatoms. The molecule has 20 heavy (non-hydrogen) atoms. The fraction of sp³-hybridized carbons (Fsp3) is 0.647. The van der Waals surface area contributed by atoms with E-state index < -0.39 is 0 Å². The molecule has 0 saturated carbocycles. The van der Waals surface area contributed by atoms with Gasteiger partial charge in [-0.2, -0.15) is 11.8 Å². The zero-order chi connectivity index (χ0) is 14.2. The van der Waals surface area contributed by atoms with Crippen molar-refractivity contribution in [2.75, 3.05) is 18.1 Å². The van der Waals surface area contributed by atoms with Gasteiger partial charge in [0.1, 0.15) is 0 Å². The fourth-order valence-electron chi connectivity index (χ4n) is 2.90. The van der Waals surface area contributed by atoms with Crippen molar-refractivity contribution in [3.8, 4) is 0 Å². The van der Waals surface area contributed by atoms with Crippen LogP contribution in [-0.2, 0) is 6.42 Å². The molecule has 1 N–H and O–H groups in total. The lowest BCUT2D eigenvalue weighted by molar-refractivity contribution is 0.362. The Hall–Kier alpha value is 0.01000. The largest absolute Gasteiger partial charge is 0.314 e. The average Bonchev–Trinajstić information content (AvgIpc) is 2.48. The maximum atomic E-state index is 3.76. The number of hydrogen-bond acceptors (Lipinski definition) is 2. The zero-order valence-electron chi connectivity index (χ0n) is 12.4. The van der Waals surface area contributed by atoms with Crippen LogP contribution in [0.5, 0.6) is 0 Å². The Morgan fingerprint density at radius 1 is 1.30 bits per heavy atom. The maximum absolute atomic E-state index is 3.76. The molecule has 0 spiro atoms. The van der Waals surface area contributed by atoms with Crippen LogP contribution < -0.4 is 5.32 Å². The number of rotatable bonds is 7. The molecule has 1 aliphatic heterocycles. The van der Waals surface area contributed by atoms with E-state index in [1.165, 1.54) is 47.2 Å². The minimum Gasteiger partial charge on any atom is -0.314 e. The van der Waals surface area contributed by atoms with Crippen molar-refractivity contribution in [2.45, 2.75) is 45.1 Å². The second-order valence-corrected chi connectivity index (χ2v) is 7.82. The van der Waals surface area contributed by atoms with Gasteiger partial charge in [-0.3, -0.25) is 0 Å². The summed E-state index contributed by atoms with van der Waals surface area (Å²) in [5.74, 6) is 3.65. The Kier molecular flexibility index (Phi) is 7.47. The quantitative estimate of drug-likeness (QED) is 0.746. The van der Waals surface area contributed by atoms with Crippen LogP contribution in [-0.4, -0.2) is 24.1 Å². The standard InChI is InChI=1S/C17H26BrNS/c1-2-9-19-16(12-14-7-10-20-11-8-14)13-15-5-3-4-6-17(15)18/h3-6,14,16,19H,2,7-13H2,1H3. The van der Waals surface area contributed by atoms with E-state index in [1.807, 2.05) is 0 Å². The SMILES string of the molecule is CCCNC(Cc1ccccc1Br)CC1CCSCC1. The van der Waals surface area contributed by atoms with Crippen LogP contribution in [0.1, 0.15) is 38.2 Å². The summed E-state index contributed by atoms with van der Waals surface area (Å²) in [6.07, 6.45) is 6.51. The molecular weight excluding hydrogens is 330 g/mol. The van der Waals surface area contributed by atoms with Crippen LogP contribution in [0.25, 0.3) is 0 Å². The van der Waals surface area contributed by atoms with Crippen molar-refractivity contribution in [3.63, 3.8) is 0 Å². The fourth-order valence-corrected chi connectivity index (χ4v) is 4.55. The van der Waals surface area contributed by atoms with E-state index in [1.54, 1.807) is 0 Å². The molecule has 1 aromatic carbocycles. The molecule has 1 atom stereocenters. The summed E-state index contributed by atoms with van der Waals surface area (Å²) in [5.41, 5.74) is 1.44. The van der Waals surface area contributed by atoms with E-state index in [0.717, 1.165) is 18.9 Å². The summed E-state index contributed by atoms with van der Waals surface area (Å²) in [6, 6.07) is 9.28. The van der Waals surface area contributed by atoms with Gasteiger partial charge in [0, 0.05) is 10.5 Å². The number of benzene rings is 1. The molecule has 1 heterocycles. The van der Waals surface area contributed by atoms with Crippen molar-refractivity contribution in [1.82, 2.24) is 5.32 Å². The first kappa shape index (κ1) is 16.4. The van der Waals surface area contributed by atoms with E-state index in [9.17, 15) is 0 Å². The third-order valence-electron chi connectivity index (χ3n) is 4.07. The zero-order valence-corrected chi connectivity index (χ0v) is 14.8. The van der Waals surface area contributed by atoms with Crippen LogP contribution in [0.15, 0.2) is 28.7 Å². The molecule has 0 amide bonds. The molecule has 1 aliphatic rings. The molecule has 1 saturated heterocycles. The first-order chi connectivity index (χ1) is 9.79. The monoisotopic (exact) mass is 355 g/mol. The van der Waals surface area contributed by atoms with Gasteiger partial charge in [-0.25, -0.2) is 0 Å². The van der Waals surface area contributed by atoms with E-state index in [0.29, 0.717) is 6.04 Å². The molecule has 112 valence electrons. The van der Waals surface area contributed by atoms with Crippen molar-refractivity contribution in [1.29, 1.82) is 0 Å². The highest BCUT2D eigenvalue weighted by Gasteiger charge is 2.19. The lowest BCUT2D eigenvalue weighted by atomic mass is 9.91. The van der Waals surface area contributed by atoms with Crippen LogP contribution in [0, 0.1) is 5.92 Å². The Bertz CT molecular complexity index is 390. The minimum absolute atomic E-state index is 0.627. The normalized spacial score (nSPS) is 18.1. The van der Waals surface area contributed by atoms with Gasteiger partial charge in [-0.1, -0.05) is 41.1 Å². The Morgan fingerprint density at radius 3 is 2.75 bits per heavy atom. The summed E-state index contributed by atoms with van der Waals surface area (Å²) in [4.78, 5) is 0. The first-order valence-electron chi connectivity index (χ1n) is 7.84. The number of nitrogens with one attached hydrogen (secondary N) is 1. The van der Waals surface area contributed by atoms with Gasteiger partial charge < -0.3 is 5.32 Å². The predicted octanol–water partition coefficient (Wildman–Crippen LogP) is 4.89. The van der Waals surface area contributed by atoms with Gasteiger partial charge in [0.05, 0.1) is 0 Å². The molecule has 0 aromatic heterocycles. The van der Waals surface area contributed by atoms with E-state index in [4.69, 9.17) is 0 Å². The molecule has 0 bridgehead atoms. The maximum Gasteiger partial charge on any atom is 0.0207 e. The predicted molar refractivity (Wildman–Crippen MR) is 94.6 cm³/mol. The second kappa shape index (κ2) is 9.11. The molecule has 0 radical (unpaired) electrons. The summed E-state index contributed by atoms with van der Waals surface area (Å²) >= 11 is 5.81. The smallest absolute Gasteiger partial charge is 0.0207 e. The van der Waals surface area contributed by atoms with Crippen LogP contribution in [0.4, 0.5) is 0 Å². The molecule has 1 unspecified atom stereocenters. The molecule has 1 aromatic rings. The highest BCUT2D eigenvalue weighted by molar-refractivity contribution is 9.10. The van der Waals surface area contributed by atoms with E-state index in [2.05, 4.69) is 64.2 Å². The number of halogens is 1. The Balaban J connectivity index is 1.93. The Labute approximate surface area is 136 Å². The summed E-state index contributed by atoms with van der Waals surface area (Å²) in [6.45, 7) is 3.39. The molecular formula is C17H26BrNS. The molecule has 1 fully saturated rings. The van der Waals surface area contributed by atoms with Crippen molar-refractivity contribution >= 4 is 27.7 Å². The highest BCUT2D eigenvalue weighted by atomic mass is 79.9. The number of thioether (sulfide) groups is 1. The van der Waals surface area contributed by atoms with Gasteiger partial charge in [-0.15, -0.1) is 0 Å². The third kappa shape index (κ3) is 5.42. The van der Waals surface area contributed by atoms with Crippen molar-refractivity contribution in [2.24, 2.45) is 5.92 Å². The van der Waals surface area contributed by atoms with E-state index >= 15 is 0 Å². The van der Waals surface area contributed by atoms with Gasteiger partial charge in [-0.05, 0) is 67.7 Å². The second-order valence-electron chi connectivity index (χ2n) is 5.74. The van der Waals surface area contributed by atoms with Crippen molar-refractivity contribution < 1.29 is 0 Å². The number of hydrogen-bond donors (Lipinski definition) is 1. The lowest BCUT2D eigenvalue weighted by Gasteiger charge is -2.27. The molecule has 2 rings (SSSR count). The van der Waals surface area contributed by atoms with Gasteiger partial charge in [0.15, 0.2) is 0 Å². The average molecular weight is 356 g/mol. The molecule has 1 nitrogen and oxygen atoms in total. The van der Waals surface area contributed by atoms with Crippen LogP contribution in [0.2, 0.25) is 0 Å². The van der Waals surface area contributed by atoms with E-state index in [-0.39, 0.29) is 0 Å². The van der Waals surface area contributed by atoms with Gasteiger partial charge in [0.2, 0.25) is 0 Å². The third-order valence-corrected chi connectivity index (χ3v) is 5.89. The van der Waals surface area contributed by atoms with Crippen LogP contribution in [0.3, 0.4) is 0 Å². The van der Waals surface area contributed by atoms with Crippen LogP contribution >= 0.6 is 27.7 Å². The highest BCUT2D eigenvalue weighted by Crippen LogP contribution is 2.28. The lowest BCUT2D eigenvalue weighted by Crippen LogP contribution is -2.34. The molecule has 0 aliphatic carbocycles. The topological polar surface area (TPSA) is 12.0 Å². The summed E-state index contributed by atoms with van der Waals surface area (Å²) in [5, 5.41) is 3.76. The van der Waals surface area contributed by atoms with Crippen molar-refractivity contribution in [3.05, 3.63) is 34.3 Å². The summed E-state index contributed by atoms with van der Waals surface area (Å²) in [7, 11) is 0. The Morgan fingerprint density at radius 2 is 2.05 bits per heavy atom.